The zero-order valence-corrected chi connectivity index (χ0v) is 16.5. The van der Waals surface area contributed by atoms with E-state index in [1.54, 1.807) is 36.4 Å². The molecule has 0 amide bonds. The van der Waals surface area contributed by atoms with Gasteiger partial charge in [0.25, 0.3) is 0 Å². The van der Waals surface area contributed by atoms with Gasteiger partial charge in [-0.05, 0) is 42.5 Å². The molecule has 0 aliphatic rings. The molecule has 3 N–H and O–H groups in total. The quantitative estimate of drug-likeness (QED) is 0.379. The molecule has 0 aliphatic carbocycles. The number of hydrogen-bond donors (Lipinski definition) is 2. The van der Waals surface area contributed by atoms with Gasteiger partial charge in [0.05, 0.1) is 28.5 Å². The maximum Gasteiger partial charge on any atom is 0.196 e. The van der Waals surface area contributed by atoms with E-state index < -0.39 is 0 Å². The number of carbonyl (C=O) groups is 1. The highest BCUT2D eigenvalue weighted by molar-refractivity contribution is 6.45. The molecule has 0 aliphatic heterocycles. The van der Waals surface area contributed by atoms with Crippen molar-refractivity contribution < 1.29 is 9.53 Å². The van der Waals surface area contributed by atoms with E-state index in [0.29, 0.717) is 22.7 Å². The van der Waals surface area contributed by atoms with E-state index in [1.807, 2.05) is 18.2 Å². The zero-order chi connectivity index (χ0) is 19.6. The first-order valence-electron chi connectivity index (χ1n) is 7.90. The van der Waals surface area contributed by atoms with Gasteiger partial charge in [-0.2, -0.15) is 0 Å². The average Bonchev–Trinajstić information content (AvgIpc) is 2.65. The summed E-state index contributed by atoms with van der Waals surface area (Å²) in [4.78, 5) is 12.9. The molecule has 3 aromatic carbocycles. The van der Waals surface area contributed by atoms with Crippen molar-refractivity contribution in [3.8, 4) is 5.75 Å². The van der Waals surface area contributed by atoms with Crippen LogP contribution >= 0.6 is 34.8 Å². The SMILES string of the molecule is COc1ccc(C(=O)c2ccc(Nc3ccccc3N)cc2Cl)c(Cl)c1Cl. The Morgan fingerprint density at radius 3 is 2.33 bits per heavy atom. The fourth-order valence-corrected chi connectivity index (χ4v) is 3.30. The Balaban J connectivity index is 1.91. The minimum Gasteiger partial charge on any atom is -0.495 e. The van der Waals surface area contributed by atoms with Crippen molar-refractivity contribution in [1.82, 2.24) is 0 Å². The van der Waals surface area contributed by atoms with Crippen LogP contribution in [0.2, 0.25) is 15.1 Å². The van der Waals surface area contributed by atoms with Gasteiger partial charge in [0.15, 0.2) is 5.78 Å². The molecule has 0 saturated carbocycles. The van der Waals surface area contributed by atoms with Gasteiger partial charge in [-0.3, -0.25) is 4.79 Å². The molecular weight excluding hydrogens is 407 g/mol. The molecule has 4 nitrogen and oxygen atoms in total. The first kappa shape index (κ1) is 19.4. The summed E-state index contributed by atoms with van der Waals surface area (Å²) < 4.78 is 5.10. The predicted molar refractivity (Wildman–Crippen MR) is 112 cm³/mol. The summed E-state index contributed by atoms with van der Waals surface area (Å²) in [5.74, 6) is 0.0599. The van der Waals surface area contributed by atoms with Crippen LogP contribution < -0.4 is 15.8 Å². The number of anilines is 3. The molecule has 3 aromatic rings. The van der Waals surface area contributed by atoms with Crippen LogP contribution in [-0.4, -0.2) is 12.9 Å². The van der Waals surface area contributed by atoms with Crippen LogP contribution in [0.3, 0.4) is 0 Å². The van der Waals surface area contributed by atoms with Crippen molar-refractivity contribution in [2.75, 3.05) is 18.2 Å². The lowest BCUT2D eigenvalue weighted by Gasteiger charge is -2.12. The van der Waals surface area contributed by atoms with E-state index >= 15 is 0 Å². The summed E-state index contributed by atoms with van der Waals surface area (Å²) in [6, 6.07) is 15.5. The fraction of sp³-hybridized carbons (Fsp3) is 0.0500. The van der Waals surface area contributed by atoms with Gasteiger partial charge in [-0.1, -0.05) is 46.9 Å². The number of nitrogen functional groups attached to an aromatic ring is 1. The Hall–Kier alpha value is -2.40. The highest BCUT2D eigenvalue weighted by Crippen LogP contribution is 2.36. The van der Waals surface area contributed by atoms with Gasteiger partial charge < -0.3 is 15.8 Å². The highest BCUT2D eigenvalue weighted by atomic mass is 35.5. The molecule has 0 fully saturated rings. The number of halogens is 3. The Morgan fingerprint density at radius 1 is 0.963 bits per heavy atom. The van der Waals surface area contributed by atoms with Gasteiger partial charge in [0.1, 0.15) is 10.8 Å². The maximum absolute atomic E-state index is 12.9. The second-order valence-electron chi connectivity index (χ2n) is 5.68. The lowest BCUT2D eigenvalue weighted by atomic mass is 10.0. The Kier molecular flexibility index (Phi) is 5.80. The van der Waals surface area contributed by atoms with Crippen molar-refractivity contribution in [2.45, 2.75) is 0 Å². The third-order valence-electron chi connectivity index (χ3n) is 3.96. The molecule has 0 bridgehead atoms. The van der Waals surface area contributed by atoms with Crippen LogP contribution in [0.25, 0.3) is 0 Å². The second kappa shape index (κ2) is 8.09. The first-order valence-corrected chi connectivity index (χ1v) is 9.03. The van der Waals surface area contributed by atoms with E-state index in [-0.39, 0.29) is 26.4 Å². The van der Waals surface area contributed by atoms with Crippen molar-refractivity contribution in [3.63, 3.8) is 0 Å². The van der Waals surface area contributed by atoms with E-state index in [0.717, 1.165) is 5.69 Å². The Labute approximate surface area is 171 Å². The number of rotatable bonds is 5. The lowest BCUT2D eigenvalue weighted by molar-refractivity contribution is 0.103. The van der Waals surface area contributed by atoms with Gasteiger partial charge >= 0.3 is 0 Å². The van der Waals surface area contributed by atoms with Gasteiger partial charge in [-0.25, -0.2) is 0 Å². The zero-order valence-electron chi connectivity index (χ0n) is 14.2. The van der Waals surface area contributed by atoms with Crippen molar-refractivity contribution in [1.29, 1.82) is 0 Å². The lowest BCUT2D eigenvalue weighted by Crippen LogP contribution is -2.04. The van der Waals surface area contributed by atoms with Crippen LogP contribution in [0.5, 0.6) is 5.75 Å². The minimum atomic E-state index is -0.333. The molecule has 138 valence electrons. The standard InChI is InChI=1S/C20H15Cl3N2O2/c1-27-17-9-8-13(18(22)19(17)23)20(26)12-7-6-11(10-14(12)21)25-16-5-3-2-4-15(16)24/h2-10,25H,24H2,1H3. The van der Waals surface area contributed by atoms with Crippen molar-refractivity contribution in [3.05, 3.63) is 80.8 Å². The molecule has 7 heteroatoms. The molecule has 0 atom stereocenters. The summed E-state index contributed by atoms with van der Waals surface area (Å²) in [5.41, 5.74) is 8.54. The summed E-state index contributed by atoms with van der Waals surface area (Å²) in [5, 5.41) is 3.75. The third-order valence-corrected chi connectivity index (χ3v) is 5.14. The van der Waals surface area contributed by atoms with Crippen molar-refractivity contribution >= 4 is 57.6 Å². The number of benzene rings is 3. The molecule has 0 spiro atoms. The van der Waals surface area contributed by atoms with Gasteiger partial charge in [0, 0.05) is 16.8 Å². The number of para-hydroxylation sites is 2. The van der Waals surface area contributed by atoms with Gasteiger partial charge in [0.2, 0.25) is 0 Å². The number of nitrogens with two attached hydrogens (primary N) is 1. The monoisotopic (exact) mass is 420 g/mol. The maximum atomic E-state index is 12.9. The van der Waals surface area contributed by atoms with Crippen molar-refractivity contribution in [2.24, 2.45) is 0 Å². The Bertz CT molecular complexity index is 1020. The van der Waals surface area contributed by atoms with E-state index in [9.17, 15) is 4.79 Å². The van der Waals surface area contributed by atoms with Crippen LogP contribution in [0.4, 0.5) is 17.1 Å². The predicted octanol–water partition coefficient (Wildman–Crippen LogP) is 6.21. The van der Waals surface area contributed by atoms with Crippen LogP contribution in [0, 0.1) is 0 Å². The van der Waals surface area contributed by atoms with Crippen LogP contribution in [0.1, 0.15) is 15.9 Å². The summed E-state index contributed by atoms with van der Waals surface area (Å²) in [7, 11) is 1.47. The van der Waals surface area contributed by atoms with E-state index in [4.69, 9.17) is 45.3 Å². The number of hydrogen-bond acceptors (Lipinski definition) is 4. The van der Waals surface area contributed by atoms with Gasteiger partial charge in [-0.15, -0.1) is 0 Å². The summed E-state index contributed by atoms with van der Waals surface area (Å²) in [6.07, 6.45) is 0. The second-order valence-corrected chi connectivity index (χ2v) is 6.84. The number of carbonyl (C=O) groups excluding carboxylic acids is 1. The number of ether oxygens (including phenoxy) is 1. The normalized spacial score (nSPS) is 10.5. The first-order chi connectivity index (χ1) is 12.9. The summed E-state index contributed by atoms with van der Waals surface area (Å²) >= 11 is 18.7. The molecule has 0 radical (unpaired) electrons. The number of methoxy groups -OCH3 is 1. The molecule has 0 heterocycles. The van der Waals surface area contributed by atoms with Crippen LogP contribution in [0.15, 0.2) is 54.6 Å². The fourth-order valence-electron chi connectivity index (χ4n) is 2.55. The molecule has 3 rings (SSSR count). The number of nitrogens with one attached hydrogen (secondary N) is 1. The van der Waals surface area contributed by atoms with E-state index in [1.165, 1.54) is 7.11 Å². The molecule has 0 saturated heterocycles. The molecular formula is C20H15Cl3N2O2. The minimum absolute atomic E-state index is 0.122. The largest absolute Gasteiger partial charge is 0.495 e. The smallest absolute Gasteiger partial charge is 0.196 e. The Morgan fingerprint density at radius 2 is 1.67 bits per heavy atom. The molecule has 0 aromatic heterocycles. The topological polar surface area (TPSA) is 64.3 Å². The molecule has 27 heavy (non-hydrogen) atoms. The molecule has 0 unspecified atom stereocenters. The third kappa shape index (κ3) is 3.98. The average molecular weight is 422 g/mol. The van der Waals surface area contributed by atoms with E-state index in [2.05, 4.69) is 5.32 Å². The summed E-state index contributed by atoms with van der Waals surface area (Å²) in [6.45, 7) is 0. The van der Waals surface area contributed by atoms with Crippen LogP contribution in [-0.2, 0) is 0 Å². The highest BCUT2D eigenvalue weighted by Gasteiger charge is 2.20. The number of ketones is 1.